The minimum Gasteiger partial charge on any atom is -0.361 e. The third kappa shape index (κ3) is 2.38. The molecule has 7 heteroatoms. The molecule has 1 fully saturated rings. The lowest BCUT2D eigenvalue weighted by molar-refractivity contribution is -0.384. The van der Waals surface area contributed by atoms with Gasteiger partial charge < -0.3 is 5.32 Å². The predicted molar refractivity (Wildman–Crippen MR) is 68.4 cm³/mol. The topological polar surface area (TPSA) is 73.0 Å². The Morgan fingerprint density at radius 1 is 1.71 bits per heavy atom. The lowest BCUT2D eigenvalue weighted by atomic mass is 9.84. The molecule has 1 aromatic rings. The summed E-state index contributed by atoms with van der Waals surface area (Å²) < 4.78 is 1.71. The molecule has 17 heavy (non-hydrogen) atoms. The Labute approximate surface area is 104 Å². The molecule has 1 aromatic heterocycles. The fourth-order valence-electron chi connectivity index (χ4n) is 2.00. The summed E-state index contributed by atoms with van der Waals surface area (Å²) in [5.41, 5.74) is 0.0445. The second kappa shape index (κ2) is 4.56. The summed E-state index contributed by atoms with van der Waals surface area (Å²) in [7, 11) is 1.69. The summed E-state index contributed by atoms with van der Waals surface area (Å²) in [6.07, 6.45) is 7.10. The highest BCUT2D eigenvalue weighted by Crippen LogP contribution is 2.43. The van der Waals surface area contributed by atoms with E-state index in [4.69, 9.17) is 0 Å². The standard InChI is InChI=1S/C10H16N4O2S/c1-13-6-8(14(15)16)9(12-13)11-7-10(17-2)4-3-5-10/h6H,3-5,7H2,1-2H3,(H,11,12). The summed E-state index contributed by atoms with van der Waals surface area (Å²) in [4.78, 5) is 10.4. The summed E-state index contributed by atoms with van der Waals surface area (Å²) in [5.74, 6) is 0.373. The van der Waals surface area contributed by atoms with Crippen LogP contribution in [0.1, 0.15) is 19.3 Å². The molecule has 1 heterocycles. The van der Waals surface area contributed by atoms with Crippen LogP contribution in [0, 0.1) is 10.1 Å². The van der Waals surface area contributed by atoms with E-state index in [2.05, 4.69) is 16.7 Å². The van der Waals surface area contributed by atoms with Crippen LogP contribution >= 0.6 is 11.8 Å². The molecule has 1 saturated carbocycles. The predicted octanol–water partition coefficient (Wildman–Crippen LogP) is 2.03. The molecule has 0 amide bonds. The number of aromatic nitrogens is 2. The van der Waals surface area contributed by atoms with Gasteiger partial charge in [-0.2, -0.15) is 11.8 Å². The van der Waals surface area contributed by atoms with Crippen LogP contribution in [0.5, 0.6) is 0 Å². The van der Waals surface area contributed by atoms with Gasteiger partial charge in [0, 0.05) is 18.3 Å². The van der Waals surface area contributed by atoms with Gasteiger partial charge in [0.25, 0.3) is 0 Å². The second-order valence-electron chi connectivity index (χ2n) is 4.39. The Balaban J connectivity index is 2.05. The Morgan fingerprint density at radius 2 is 2.41 bits per heavy atom. The zero-order valence-corrected chi connectivity index (χ0v) is 10.8. The lowest BCUT2D eigenvalue weighted by Gasteiger charge is -2.40. The Morgan fingerprint density at radius 3 is 2.88 bits per heavy atom. The zero-order valence-electron chi connectivity index (χ0n) is 9.97. The van der Waals surface area contributed by atoms with Crippen LogP contribution in [0.25, 0.3) is 0 Å². The molecule has 0 radical (unpaired) electrons. The van der Waals surface area contributed by atoms with Gasteiger partial charge in [-0.15, -0.1) is 5.10 Å². The number of aryl methyl sites for hydroxylation is 1. The number of hydrogen-bond donors (Lipinski definition) is 1. The molecular weight excluding hydrogens is 240 g/mol. The molecule has 1 N–H and O–H groups in total. The van der Waals surface area contributed by atoms with E-state index in [0.717, 1.165) is 6.54 Å². The highest BCUT2D eigenvalue weighted by molar-refractivity contribution is 8.00. The molecule has 94 valence electrons. The first-order valence-electron chi connectivity index (χ1n) is 5.53. The number of nitrogens with zero attached hydrogens (tertiary/aromatic N) is 3. The van der Waals surface area contributed by atoms with Crippen molar-refractivity contribution in [2.24, 2.45) is 7.05 Å². The zero-order chi connectivity index (χ0) is 12.5. The van der Waals surface area contributed by atoms with E-state index in [1.165, 1.54) is 30.1 Å². The van der Waals surface area contributed by atoms with E-state index < -0.39 is 4.92 Å². The Hall–Kier alpha value is -1.24. The van der Waals surface area contributed by atoms with Crippen LogP contribution in [0.2, 0.25) is 0 Å². The molecule has 1 aliphatic rings. The highest BCUT2D eigenvalue weighted by Gasteiger charge is 2.36. The SMILES string of the molecule is CSC1(CNc2nn(C)cc2[N+](=O)[O-])CCC1. The molecule has 1 aliphatic carbocycles. The highest BCUT2D eigenvalue weighted by atomic mass is 32.2. The quantitative estimate of drug-likeness (QED) is 0.644. The van der Waals surface area contributed by atoms with E-state index in [9.17, 15) is 10.1 Å². The van der Waals surface area contributed by atoms with E-state index in [-0.39, 0.29) is 10.4 Å². The van der Waals surface area contributed by atoms with Crippen molar-refractivity contribution >= 4 is 23.3 Å². The van der Waals surface area contributed by atoms with Crippen molar-refractivity contribution in [3.05, 3.63) is 16.3 Å². The molecule has 2 rings (SSSR count). The average molecular weight is 256 g/mol. The van der Waals surface area contributed by atoms with Crippen molar-refractivity contribution in [2.45, 2.75) is 24.0 Å². The molecule has 0 bridgehead atoms. The summed E-state index contributed by atoms with van der Waals surface area (Å²) in [6, 6.07) is 0. The van der Waals surface area contributed by atoms with E-state index in [1.807, 2.05) is 11.8 Å². The van der Waals surface area contributed by atoms with E-state index in [0.29, 0.717) is 5.82 Å². The normalized spacial score (nSPS) is 17.5. The lowest BCUT2D eigenvalue weighted by Crippen LogP contribution is -2.40. The molecule has 0 unspecified atom stereocenters. The maximum absolute atomic E-state index is 10.8. The van der Waals surface area contributed by atoms with Gasteiger partial charge in [0.15, 0.2) is 0 Å². The number of rotatable bonds is 5. The largest absolute Gasteiger partial charge is 0.361 e. The monoisotopic (exact) mass is 256 g/mol. The van der Waals surface area contributed by atoms with Crippen LogP contribution in [0.4, 0.5) is 11.5 Å². The molecule has 0 aliphatic heterocycles. The number of hydrogen-bond acceptors (Lipinski definition) is 5. The van der Waals surface area contributed by atoms with Crippen molar-refractivity contribution in [2.75, 3.05) is 18.1 Å². The van der Waals surface area contributed by atoms with Crippen molar-refractivity contribution in [3.63, 3.8) is 0 Å². The minimum atomic E-state index is -0.401. The van der Waals surface area contributed by atoms with Crippen molar-refractivity contribution in [1.82, 2.24) is 9.78 Å². The van der Waals surface area contributed by atoms with Gasteiger partial charge in [-0.05, 0) is 19.1 Å². The maximum Gasteiger partial charge on any atom is 0.330 e. The first-order valence-corrected chi connectivity index (χ1v) is 6.76. The molecule has 0 saturated heterocycles. The summed E-state index contributed by atoms with van der Waals surface area (Å²) in [6.45, 7) is 0.742. The van der Waals surface area contributed by atoms with Crippen LogP contribution in [0.3, 0.4) is 0 Å². The summed E-state index contributed by atoms with van der Waals surface area (Å²) >= 11 is 1.83. The van der Waals surface area contributed by atoms with Gasteiger partial charge in [0.2, 0.25) is 5.82 Å². The average Bonchev–Trinajstić information content (AvgIpc) is 2.59. The third-order valence-electron chi connectivity index (χ3n) is 3.28. The van der Waals surface area contributed by atoms with Crippen LogP contribution in [-0.2, 0) is 7.05 Å². The molecule has 0 aromatic carbocycles. The van der Waals surface area contributed by atoms with Crippen LogP contribution in [-0.4, -0.2) is 32.3 Å². The number of nitrogens with one attached hydrogen (secondary N) is 1. The van der Waals surface area contributed by atoms with Gasteiger partial charge in [-0.3, -0.25) is 14.8 Å². The maximum atomic E-state index is 10.8. The first kappa shape index (κ1) is 12.2. The Bertz CT molecular complexity index is 422. The van der Waals surface area contributed by atoms with Gasteiger partial charge in [-0.25, -0.2) is 0 Å². The van der Waals surface area contributed by atoms with Crippen LogP contribution < -0.4 is 5.32 Å². The van der Waals surface area contributed by atoms with Crippen molar-refractivity contribution in [1.29, 1.82) is 0 Å². The van der Waals surface area contributed by atoms with Gasteiger partial charge >= 0.3 is 5.69 Å². The fourth-order valence-corrected chi connectivity index (χ4v) is 2.92. The summed E-state index contributed by atoms with van der Waals surface area (Å²) in [5, 5.41) is 18.0. The molecule has 0 atom stereocenters. The number of thioether (sulfide) groups is 1. The minimum absolute atomic E-state index is 0.0445. The van der Waals surface area contributed by atoms with Crippen molar-refractivity contribution in [3.8, 4) is 0 Å². The Kier molecular flexibility index (Phi) is 3.28. The van der Waals surface area contributed by atoms with Gasteiger partial charge in [0.1, 0.15) is 6.20 Å². The second-order valence-corrected chi connectivity index (χ2v) is 5.66. The van der Waals surface area contributed by atoms with E-state index >= 15 is 0 Å². The number of anilines is 1. The molecular formula is C10H16N4O2S. The van der Waals surface area contributed by atoms with Gasteiger partial charge in [0.05, 0.1) is 4.92 Å². The molecule has 6 nitrogen and oxygen atoms in total. The molecule has 0 spiro atoms. The third-order valence-corrected chi connectivity index (χ3v) is 4.70. The van der Waals surface area contributed by atoms with Gasteiger partial charge in [-0.1, -0.05) is 6.42 Å². The number of nitro groups is 1. The first-order chi connectivity index (χ1) is 8.06. The van der Waals surface area contributed by atoms with E-state index in [1.54, 1.807) is 7.05 Å². The fraction of sp³-hybridized carbons (Fsp3) is 0.700. The van der Waals surface area contributed by atoms with Crippen LogP contribution in [0.15, 0.2) is 6.20 Å². The smallest absolute Gasteiger partial charge is 0.330 e. The van der Waals surface area contributed by atoms with Crippen molar-refractivity contribution < 1.29 is 4.92 Å².